The molecule has 5 atom stereocenters. The first-order valence-corrected chi connectivity index (χ1v) is 12.8. The molecule has 2 saturated heterocycles. The number of Topliss-reactive ketones (excluding diaryl/α,β-unsaturated/α-hetero) is 1. The highest BCUT2D eigenvalue weighted by atomic mass is 19.4. The normalized spacial score (nSPS) is 24.5. The molecule has 37 heavy (non-hydrogen) atoms. The second-order valence-electron chi connectivity index (χ2n) is 11.6. The number of nitrogens with zero attached hydrogens (tertiary/aromatic N) is 1. The number of ketones is 1. The molecule has 0 radical (unpaired) electrons. The van der Waals surface area contributed by atoms with Gasteiger partial charge in [-0.1, -0.05) is 34.6 Å². The topological polar surface area (TPSA) is 125 Å². The molecular weight excluding hydrogens is 495 g/mol. The van der Waals surface area contributed by atoms with Gasteiger partial charge in [0.05, 0.1) is 6.04 Å². The number of piperidine rings is 1. The zero-order chi connectivity index (χ0) is 28.1. The van der Waals surface area contributed by atoms with Crippen LogP contribution in [0.15, 0.2) is 0 Å². The maximum atomic E-state index is 13.5. The lowest BCUT2D eigenvalue weighted by molar-refractivity contribution is -0.321. The molecule has 0 aromatic carbocycles. The molecule has 0 aliphatic carbocycles. The summed E-state index contributed by atoms with van der Waals surface area (Å²) in [6.45, 7) is 9.01. The maximum Gasteiger partial charge on any atom is 0.522 e. The summed E-state index contributed by atoms with van der Waals surface area (Å²) in [5.74, 6) is -3.25. The van der Waals surface area contributed by atoms with Gasteiger partial charge in [0.25, 0.3) is 5.91 Å². The summed E-state index contributed by atoms with van der Waals surface area (Å²) in [5, 5.41) is 15.6. The number of carbonyl (C=O) groups is 4. The predicted octanol–water partition coefficient (Wildman–Crippen LogP) is 2.16. The molecule has 2 fully saturated rings. The number of aliphatic hydroxyl groups is 1. The maximum absolute atomic E-state index is 13.5. The minimum absolute atomic E-state index is 0.0338. The fraction of sp³-hybridized carbons (Fsp3) is 0.840. The van der Waals surface area contributed by atoms with E-state index in [2.05, 4.69) is 15.4 Å². The lowest BCUT2D eigenvalue weighted by Gasteiger charge is -2.44. The number of likely N-dealkylation sites (tertiary alicyclic amines) is 1. The fourth-order valence-electron chi connectivity index (χ4n) is 4.95. The molecule has 0 unspecified atom stereocenters. The minimum Gasteiger partial charge on any atom is -0.383 e. The third-order valence-electron chi connectivity index (χ3n) is 7.16. The smallest absolute Gasteiger partial charge is 0.383 e. The van der Waals surface area contributed by atoms with Crippen LogP contribution in [0.5, 0.6) is 0 Å². The van der Waals surface area contributed by atoms with Gasteiger partial charge in [-0.05, 0) is 49.4 Å². The van der Waals surface area contributed by atoms with Gasteiger partial charge in [0, 0.05) is 19.0 Å². The summed E-state index contributed by atoms with van der Waals surface area (Å²) in [7, 11) is 0. The Hall–Kier alpha value is -2.21. The molecule has 2 aliphatic heterocycles. The van der Waals surface area contributed by atoms with E-state index in [4.69, 9.17) is 0 Å². The van der Waals surface area contributed by atoms with Crippen molar-refractivity contribution in [3.63, 3.8) is 0 Å². The van der Waals surface area contributed by atoms with Gasteiger partial charge in [-0.25, -0.2) is 0 Å². The summed E-state index contributed by atoms with van der Waals surface area (Å²) < 4.78 is 41.4. The van der Waals surface area contributed by atoms with Crippen molar-refractivity contribution in [3.8, 4) is 0 Å². The number of carbonyl (C=O) groups excluding carboxylic acids is 4. The molecule has 0 spiro atoms. The van der Waals surface area contributed by atoms with Crippen molar-refractivity contribution < 1.29 is 42.2 Å². The molecule has 9 nitrogen and oxygen atoms in total. The van der Waals surface area contributed by atoms with E-state index in [1.807, 2.05) is 34.6 Å². The number of alkyl halides is 3. The molecule has 2 heterocycles. The Morgan fingerprint density at radius 1 is 1.19 bits per heavy atom. The molecule has 0 bridgehead atoms. The first-order chi connectivity index (χ1) is 17.0. The lowest BCUT2D eigenvalue weighted by Crippen LogP contribution is -2.59. The second kappa shape index (κ2) is 12.6. The van der Waals surface area contributed by atoms with E-state index < -0.39 is 54.7 Å². The molecule has 0 aromatic heterocycles. The van der Waals surface area contributed by atoms with Crippen LogP contribution in [0, 0.1) is 23.2 Å². The number of nitrogens with one attached hydrogen (secondary N) is 2. The summed E-state index contributed by atoms with van der Waals surface area (Å²) in [5.41, 5.74) is -0.193. The Labute approximate surface area is 215 Å². The average molecular weight is 536 g/mol. The van der Waals surface area contributed by atoms with Crippen molar-refractivity contribution >= 4 is 23.5 Å². The van der Waals surface area contributed by atoms with Crippen molar-refractivity contribution in [2.24, 2.45) is 23.2 Å². The van der Waals surface area contributed by atoms with Crippen LogP contribution in [-0.2, 0) is 23.9 Å². The van der Waals surface area contributed by atoms with E-state index in [1.165, 1.54) is 4.90 Å². The molecule has 0 aromatic rings. The van der Waals surface area contributed by atoms with Gasteiger partial charge in [-0.3, -0.25) is 23.9 Å². The van der Waals surface area contributed by atoms with Crippen LogP contribution in [0.25, 0.3) is 0 Å². The van der Waals surface area contributed by atoms with Crippen molar-refractivity contribution in [1.29, 1.82) is 0 Å². The highest BCUT2D eigenvalue weighted by molar-refractivity contribution is 5.94. The number of ether oxygens (including phenoxy) is 1. The summed E-state index contributed by atoms with van der Waals surface area (Å²) in [6, 6.07) is -2.43. The van der Waals surface area contributed by atoms with Gasteiger partial charge >= 0.3 is 6.36 Å². The van der Waals surface area contributed by atoms with Gasteiger partial charge in [0.15, 0.2) is 5.78 Å². The number of rotatable bonds is 10. The highest BCUT2D eigenvalue weighted by Gasteiger charge is 2.43. The molecule has 12 heteroatoms. The molecule has 2 rings (SSSR count). The van der Waals surface area contributed by atoms with E-state index in [-0.39, 0.29) is 49.0 Å². The average Bonchev–Trinajstić information content (AvgIpc) is 3.18. The van der Waals surface area contributed by atoms with Crippen molar-refractivity contribution in [3.05, 3.63) is 0 Å². The second-order valence-corrected chi connectivity index (χ2v) is 11.6. The van der Waals surface area contributed by atoms with Crippen LogP contribution in [-0.4, -0.2) is 77.8 Å². The Morgan fingerprint density at radius 3 is 2.35 bits per heavy atom. The molecule has 2 aliphatic rings. The van der Waals surface area contributed by atoms with Crippen LogP contribution in [0.1, 0.15) is 66.7 Å². The third-order valence-corrected chi connectivity index (χ3v) is 7.16. The van der Waals surface area contributed by atoms with Gasteiger partial charge < -0.3 is 20.6 Å². The van der Waals surface area contributed by atoms with E-state index in [0.29, 0.717) is 19.4 Å². The monoisotopic (exact) mass is 535 g/mol. The number of aliphatic hydroxyl groups excluding tert-OH is 1. The SMILES string of the molecule is CC(C)C[C@@H](O)C(=O)N1CC[C@@H](C(C)(C)C)C[C@H]1C(=O)N[C@@H](C[C@@H]1CCNC1=O)C(=O)COC(F)(F)F. The van der Waals surface area contributed by atoms with Crippen molar-refractivity contribution in [2.75, 3.05) is 19.7 Å². The summed E-state index contributed by atoms with van der Waals surface area (Å²) in [4.78, 5) is 52.6. The van der Waals surface area contributed by atoms with Gasteiger partial charge in [0.2, 0.25) is 11.8 Å². The minimum atomic E-state index is -5.03. The molecular formula is C25H40F3N3O6. The molecule has 3 N–H and O–H groups in total. The third kappa shape index (κ3) is 9.24. The van der Waals surface area contributed by atoms with Crippen LogP contribution in [0.4, 0.5) is 13.2 Å². The largest absolute Gasteiger partial charge is 0.522 e. The number of hydrogen-bond acceptors (Lipinski definition) is 6. The highest BCUT2D eigenvalue weighted by Crippen LogP contribution is 2.37. The molecule has 0 saturated carbocycles. The van der Waals surface area contributed by atoms with Crippen LogP contribution in [0.2, 0.25) is 0 Å². The first kappa shape index (κ1) is 31.0. The number of amides is 3. The Bertz CT molecular complexity index is 843. The van der Waals surface area contributed by atoms with Gasteiger partial charge in [-0.2, -0.15) is 0 Å². The Balaban J connectivity index is 2.27. The van der Waals surface area contributed by atoms with Crippen molar-refractivity contribution in [1.82, 2.24) is 15.5 Å². The number of halogens is 3. The number of hydrogen-bond donors (Lipinski definition) is 3. The van der Waals surface area contributed by atoms with E-state index in [0.717, 1.165) is 0 Å². The predicted molar refractivity (Wildman–Crippen MR) is 128 cm³/mol. The zero-order valence-corrected chi connectivity index (χ0v) is 22.2. The quantitative estimate of drug-likeness (QED) is 0.394. The van der Waals surface area contributed by atoms with Gasteiger partial charge in [-0.15, -0.1) is 13.2 Å². The standard InChI is InChI=1S/C25H40F3N3O6/c1-14(2)10-19(32)23(36)31-9-7-16(24(3,4)5)12-18(31)22(35)30-17(11-15-6-8-29-21(15)34)20(33)13-37-25(26,27)28/h14-19,32H,6-13H2,1-5H3,(H,29,34)(H,30,35)/t15-,16+,17-,18-,19+/m0/s1. The van der Waals surface area contributed by atoms with E-state index in [1.54, 1.807) is 0 Å². The summed E-state index contributed by atoms with van der Waals surface area (Å²) >= 11 is 0. The zero-order valence-electron chi connectivity index (χ0n) is 22.2. The van der Waals surface area contributed by atoms with E-state index >= 15 is 0 Å². The summed E-state index contributed by atoms with van der Waals surface area (Å²) in [6.07, 6.45) is -5.07. The Morgan fingerprint density at radius 2 is 1.84 bits per heavy atom. The molecule has 212 valence electrons. The van der Waals surface area contributed by atoms with Crippen LogP contribution in [0.3, 0.4) is 0 Å². The Kier molecular flexibility index (Phi) is 10.5. The first-order valence-electron chi connectivity index (χ1n) is 12.8. The van der Waals surface area contributed by atoms with Gasteiger partial charge in [0.1, 0.15) is 18.8 Å². The van der Waals surface area contributed by atoms with Crippen LogP contribution >= 0.6 is 0 Å². The van der Waals surface area contributed by atoms with Crippen molar-refractivity contribution in [2.45, 2.75) is 91.3 Å². The lowest BCUT2D eigenvalue weighted by atomic mass is 9.73. The van der Waals surface area contributed by atoms with Crippen LogP contribution < -0.4 is 10.6 Å². The fourth-order valence-corrected chi connectivity index (χ4v) is 4.95. The van der Waals surface area contributed by atoms with E-state index in [9.17, 15) is 37.5 Å². The molecule has 3 amide bonds.